The molecule has 0 saturated heterocycles. The molecular weight excluding hydrogens is 236 g/mol. The van der Waals surface area contributed by atoms with E-state index < -0.39 is 0 Å². The predicted molar refractivity (Wildman–Crippen MR) is 77.8 cm³/mol. The van der Waals surface area contributed by atoms with Gasteiger partial charge in [-0.1, -0.05) is 24.1 Å². The molecule has 1 aliphatic carbocycles. The summed E-state index contributed by atoms with van der Waals surface area (Å²) < 4.78 is 5.55. The Hall–Kier alpha value is -1.50. The number of para-hydroxylation sites is 1. The van der Waals surface area contributed by atoms with Crippen molar-refractivity contribution in [2.45, 2.75) is 44.3 Å². The Kier molecular flexibility index (Phi) is 5.26. The number of nitrogens with two attached hydrogens (primary N) is 1. The lowest BCUT2D eigenvalue weighted by molar-refractivity contribution is 0.334. The average molecular weight is 258 g/mol. The number of terminal acetylenes is 1. The highest BCUT2D eigenvalue weighted by molar-refractivity contribution is 5.33. The molecule has 1 aliphatic rings. The van der Waals surface area contributed by atoms with Crippen LogP contribution >= 0.6 is 0 Å². The Labute approximate surface area is 115 Å². The fourth-order valence-corrected chi connectivity index (χ4v) is 2.49. The molecule has 102 valence electrons. The molecule has 0 unspecified atom stereocenters. The molecule has 1 aromatic rings. The summed E-state index contributed by atoms with van der Waals surface area (Å²) >= 11 is 0. The van der Waals surface area contributed by atoms with Gasteiger partial charge in [0.2, 0.25) is 0 Å². The van der Waals surface area contributed by atoms with Gasteiger partial charge in [0.1, 0.15) is 12.4 Å². The van der Waals surface area contributed by atoms with E-state index in [4.69, 9.17) is 16.9 Å². The predicted octanol–water partition coefficient (Wildman–Crippen LogP) is 2.06. The number of ether oxygens (including phenoxy) is 1. The normalized spacial score (nSPS) is 22.7. The number of hydrogen-bond acceptors (Lipinski definition) is 3. The zero-order chi connectivity index (χ0) is 13.5. The van der Waals surface area contributed by atoms with Crippen molar-refractivity contribution in [2.24, 2.45) is 5.73 Å². The molecule has 0 atom stereocenters. The maximum atomic E-state index is 5.92. The summed E-state index contributed by atoms with van der Waals surface area (Å²) in [6, 6.07) is 8.99. The molecule has 1 fully saturated rings. The smallest absolute Gasteiger partial charge is 0.148 e. The Morgan fingerprint density at radius 2 is 2.00 bits per heavy atom. The first kappa shape index (κ1) is 13.9. The van der Waals surface area contributed by atoms with E-state index in [1.165, 1.54) is 0 Å². The van der Waals surface area contributed by atoms with Gasteiger partial charge >= 0.3 is 0 Å². The number of hydrogen-bond donors (Lipinski definition) is 2. The van der Waals surface area contributed by atoms with E-state index in [1.807, 2.05) is 18.2 Å². The lowest BCUT2D eigenvalue weighted by Crippen LogP contribution is -2.37. The molecule has 0 aliphatic heterocycles. The number of rotatable bonds is 5. The zero-order valence-corrected chi connectivity index (χ0v) is 11.3. The lowest BCUT2D eigenvalue weighted by atomic mass is 9.92. The van der Waals surface area contributed by atoms with Gasteiger partial charge < -0.3 is 15.8 Å². The van der Waals surface area contributed by atoms with E-state index in [0.717, 1.165) is 43.5 Å². The third kappa shape index (κ3) is 4.27. The van der Waals surface area contributed by atoms with Crippen LogP contribution in [0.2, 0.25) is 0 Å². The fourth-order valence-electron chi connectivity index (χ4n) is 2.49. The number of nitrogens with one attached hydrogen (secondary N) is 1. The van der Waals surface area contributed by atoms with Gasteiger partial charge in [0.15, 0.2) is 0 Å². The summed E-state index contributed by atoms with van der Waals surface area (Å²) in [5.74, 6) is 3.37. The lowest BCUT2D eigenvalue weighted by Gasteiger charge is -2.27. The van der Waals surface area contributed by atoms with Crippen molar-refractivity contribution in [3.05, 3.63) is 29.8 Å². The second-order valence-electron chi connectivity index (χ2n) is 5.09. The van der Waals surface area contributed by atoms with Crippen molar-refractivity contribution >= 4 is 0 Å². The standard InChI is InChI=1S/C16H22N2O/c1-2-11-19-16-6-4-3-5-13(16)12-18-15-9-7-14(17)8-10-15/h1,3-6,14-15,18H,7-12,17H2. The molecule has 0 heterocycles. The van der Waals surface area contributed by atoms with E-state index >= 15 is 0 Å². The van der Waals surface area contributed by atoms with E-state index in [0.29, 0.717) is 18.7 Å². The van der Waals surface area contributed by atoms with Crippen LogP contribution in [-0.4, -0.2) is 18.7 Å². The van der Waals surface area contributed by atoms with Crippen LogP contribution in [0.5, 0.6) is 5.75 Å². The van der Waals surface area contributed by atoms with Crippen LogP contribution in [0.25, 0.3) is 0 Å². The van der Waals surface area contributed by atoms with Crippen molar-refractivity contribution in [1.29, 1.82) is 0 Å². The zero-order valence-electron chi connectivity index (χ0n) is 11.3. The summed E-state index contributed by atoms with van der Waals surface area (Å²) in [5.41, 5.74) is 7.08. The molecule has 19 heavy (non-hydrogen) atoms. The molecule has 1 aromatic carbocycles. The molecule has 3 heteroatoms. The van der Waals surface area contributed by atoms with Crippen LogP contribution in [0.15, 0.2) is 24.3 Å². The maximum absolute atomic E-state index is 5.92. The SMILES string of the molecule is C#CCOc1ccccc1CNC1CCC(N)CC1. The molecule has 0 bridgehead atoms. The van der Waals surface area contributed by atoms with Crippen LogP contribution in [0.4, 0.5) is 0 Å². The first-order valence-corrected chi connectivity index (χ1v) is 6.92. The van der Waals surface area contributed by atoms with Gasteiger partial charge in [-0.25, -0.2) is 0 Å². The first-order valence-electron chi connectivity index (χ1n) is 6.92. The summed E-state index contributed by atoms with van der Waals surface area (Å²) in [6.45, 7) is 1.13. The van der Waals surface area contributed by atoms with Gasteiger partial charge in [-0.15, -0.1) is 6.42 Å². The van der Waals surface area contributed by atoms with E-state index in [1.54, 1.807) is 0 Å². The van der Waals surface area contributed by atoms with Crippen molar-refractivity contribution in [3.63, 3.8) is 0 Å². The Balaban J connectivity index is 1.87. The van der Waals surface area contributed by atoms with E-state index in [9.17, 15) is 0 Å². The third-order valence-electron chi connectivity index (χ3n) is 3.64. The maximum Gasteiger partial charge on any atom is 0.148 e. The molecule has 3 N–H and O–H groups in total. The van der Waals surface area contributed by atoms with Crippen molar-refractivity contribution in [1.82, 2.24) is 5.32 Å². The van der Waals surface area contributed by atoms with Crippen molar-refractivity contribution in [3.8, 4) is 18.1 Å². The molecule has 0 aromatic heterocycles. The second kappa shape index (κ2) is 7.18. The average Bonchev–Trinajstić information content (AvgIpc) is 2.45. The highest BCUT2D eigenvalue weighted by atomic mass is 16.5. The Bertz CT molecular complexity index is 431. The molecule has 1 saturated carbocycles. The highest BCUT2D eigenvalue weighted by Crippen LogP contribution is 2.20. The quantitative estimate of drug-likeness (QED) is 0.795. The van der Waals surface area contributed by atoms with Gasteiger partial charge in [0, 0.05) is 24.2 Å². The van der Waals surface area contributed by atoms with Crippen LogP contribution in [0, 0.1) is 12.3 Å². The minimum absolute atomic E-state index is 0.315. The van der Waals surface area contributed by atoms with Gasteiger partial charge in [-0.2, -0.15) is 0 Å². The topological polar surface area (TPSA) is 47.3 Å². The Morgan fingerprint density at radius 3 is 2.74 bits per heavy atom. The molecule has 0 amide bonds. The minimum atomic E-state index is 0.315. The van der Waals surface area contributed by atoms with E-state index in [2.05, 4.69) is 17.3 Å². The van der Waals surface area contributed by atoms with Crippen LogP contribution in [0.1, 0.15) is 31.2 Å². The Morgan fingerprint density at radius 1 is 1.26 bits per heavy atom. The highest BCUT2D eigenvalue weighted by Gasteiger charge is 2.18. The number of benzene rings is 1. The summed E-state index contributed by atoms with van der Waals surface area (Å²) in [5, 5.41) is 3.59. The monoisotopic (exact) mass is 258 g/mol. The van der Waals surface area contributed by atoms with Gasteiger partial charge in [0.25, 0.3) is 0 Å². The van der Waals surface area contributed by atoms with Gasteiger partial charge in [0.05, 0.1) is 0 Å². The van der Waals surface area contributed by atoms with Crippen LogP contribution in [-0.2, 0) is 6.54 Å². The van der Waals surface area contributed by atoms with Gasteiger partial charge in [-0.05, 0) is 31.7 Å². The molecule has 2 rings (SSSR count). The molecule has 3 nitrogen and oxygen atoms in total. The first-order chi connectivity index (χ1) is 9.29. The molecular formula is C16H22N2O. The summed E-state index contributed by atoms with van der Waals surface area (Å²) in [6.07, 6.45) is 9.79. The summed E-state index contributed by atoms with van der Waals surface area (Å²) in [7, 11) is 0. The largest absolute Gasteiger partial charge is 0.481 e. The van der Waals surface area contributed by atoms with Crippen LogP contribution in [0.3, 0.4) is 0 Å². The molecule has 0 radical (unpaired) electrons. The van der Waals surface area contributed by atoms with Crippen LogP contribution < -0.4 is 15.8 Å². The van der Waals surface area contributed by atoms with Gasteiger partial charge in [-0.3, -0.25) is 0 Å². The third-order valence-corrected chi connectivity index (χ3v) is 3.64. The fraction of sp³-hybridized carbons (Fsp3) is 0.500. The summed E-state index contributed by atoms with van der Waals surface area (Å²) in [4.78, 5) is 0. The van der Waals surface area contributed by atoms with Crippen molar-refractivity contribution in [2.75, 3.05) is 6.61 Å². The second-order valence-corrected chi connectivity index (χ2v) is 5.09. The van der Waals surface area contributed by atoms with Crippen molar-refractivity contribution < 1.29 is 4.74 Å². The van der Waals surface area contributed by atoms with E-state index in [-0.39, 0.29) is 0 Å². The minimum Gasteiger partial charge on any atom is -0.481 e. The molecule has 0 spiro atoms.